The van der Waals surface area contributed by atoms with Crippen molar-refractivity contribution in [3.63, 3.8) is 0 Å². The largest absolute Gasteiger partial charge is 0.353 e. The summed E-state index contributed by atoms with van der Waals surface area (Å²) < 4.78 is 11.6. The monoisotopic (exact) mass is 326 g/mol. The maximum Gasteiger partial charge on any atom is 0.157 e. The molecule has 0 aromatic carbocycles. The second kappa shape index (κ2) is 15.4. The Hall–Kier alpha value is -0.0800. The third-order valence-corrected chi connectivity index (χ3v) is 5.02. The molecule has 0 spiro atoms. The molecule has 1 fully saturated rings. The first-order valence-electron chi connectivity index (χ1n) is 10.6. The van der Waals surface area contributed by atoms with Gasteiger partial charge in [0.2, 0.25) is 0 Å². The minimum absolute atomic E-state index is 0.0765. The van der Waals surface area contributed by atoms with E-state index in [1.807, 2.05) is 0 Å². The van der Waals surface area contributed by atoms with Gasteiger partial charge in [-0.15, -0.1) is 0 Å². The molecular weight excluding hydrogens is 284 g/mol. The zero-order valence-electron chi connectivity index (χ0n) is 16.0. The third kappa shape index (κ3) is 12.9. The van der Waals surface area contributed by atoms with Gasteiger partial charge in [0.25, 0.3) is 0 Å². The molecule has 1 aliphatic rings. The second-order valence-electron chi connectivity index (χ2n) is 7.56. The standard InChI is InChI=1S/C21H42O2/c1-3-4-5-6-7-8-9-10-11-12-13-14-15-16-21-22-18-17-20(2)19-23-21/h20-21H,3-19H2,1-2H3. The van der Waals surface area contributed by atoms with Crippen LogP contribution in [0.1, 0.15) is 110 Å². The highest BCUT2D eigenvalue weighted by Gasteiger charge is 2.16. The van der Waals surface area contributed by atoms with E-state index < -0.39 is 0 Å². The summed E-state index contributed by atoms with van der Waals surface area (Å²) in [5.41, 5.74) is 0. The van der Waals surface area contributed by atoms with Gasteiger partial charge in [0.15, 0.2) is 6.29 Å². The Labute approximate surface area is 145 Å². The Bertz CT molecular complexity index is 242. The van der Waals surface area contributed by atoms with Crippen molar-refractivity contribution in [1.29, 1.82) is 0 Å². The Morgan fingerprint density at radius 3 is 1.78 bits per heavy atom. The molecule has 2 unspecified atom stereocenters. The molecular formula is C21H42O2. The molecule has 138 valence electrons. The zero-order valence-corrected chi connectivity index (χ0v) is 16.0. The summed E-state index contributed by atoms with van der Waals surface area (Å²) in [6.07, 6.45) is 20.7. The Kier molecular flexibility index (Phi) is 14.1. The van der Waals surface area contributed by atoms with Crippen LogP contribution >= 0.6 is 0 Å². The summed E-state index contributed by atoms with van der Waals surface area (Å²) in [4.78, 5) is 0. The normalized spacial score (nSPS) is 22.2. The quantitative estimate of drug-likeness (QED) is 0.324. The van der Waals surface area contributed by atoms with Gasteiger partial charge in [0.1, 0.15) is 0 Å². The maximum atomic E-state index is 5.80. The van der Waals surface area contributed by atoms with E-state index in [9.17, 15) is 0 Å². The smallest absolute Gasteiger partial charge is 0.157 e. The van der Waals surface area contributed by atoms with E-state index in [1.165, 1.54) is 83.5 Å². The number of hydrogen-bond acceptors (Lipinski definition) is 2. The molecule has 1 saturated heterocycles. The maximum absolute atomic E-state index is 5.80. The van der Waals surface area contributed by atoms with Crippen LogP contribution in [0.4, 0.5) is 0 Å². The molecule has 2 heteroatoms. The average molecular weight is 327 g/mol. The molecule has 0 aromatic rings. The van der Waals surface area contributed by atoms with Crippen LogP contribution in [0.3, 0.4) is 0 Å². The highest BCUT2D eigenvalue weighted by molar-refractivity contribution is 4.58. The van der Waals surface area contributed by atoms with Crippen molar-refractivity contribution >= 4 is 0 Å². The molecule has 0 aliphatic carbocycles. The second-order valence-corrected chi connectivity index (χ2v) is 7.56. The Morgan fingerprint density at radius 2 is 1.22 bits per heavy atom. The van der Waals surface area contributed by atoms with Crippen LogP contribution in [0.2, 0.25) is 0 Å². The van der Waals surface area contributed by atoms with Crippen LogP contribution in [0.5, 0.6) is 0 Å². The van der Waals surface area contributed by atoms with Crippen molar-refractivity contribution in [3.05, 3.63) is 0 Å². The van der Waals surface area contributed by atoms with E-state index in [-0.39, 0.29) is 6.29 Å². The minimum atomic E-state index is 0.0765. The van der Waals surface area contributed by atoms with Gasteiger partial charge in [0, 0.05) is 0 Å². The lowest BCUT2D eigenvalue weighted by Gasteiger charge is -2.15. The Balaban J connectivity index is 1.76. The molecule has 23 heavy (non-hydrogen) atoms. The van der Waals surface area contributed by atoms with Crippen LogP contribution in [-0.4, -0.2) is 19.5 Å². The van der Waals surface area contributed by atoms with E-state index in [4.69, 9.17) is 9.47 Å². The SMILES string of the molecule is CCCCCCCCCCCCCCCC1OCCC(C)CO1. The molecule has 1 rings (SSSR count). The molecule has 1 aliphatic heterocycles. The molecule has 0 radical (unpaired) electrons. The summed E-state index contributed by atoms with van der Waals surface area (Å²) in [7, 11) is 0. The number of rotatable bonds is 14. The number of hydrogen-bond donors (Lipinski definition) is 0. The van der Waals surface area contributed by atoms with E-state index in [2.05, 4.69) is 13.8 Å². The molecule has 1 heterocycles. The lowest BCUT2D eigenvalue weighted by atomic mass is 10.0. The summed E-state index contributed by atoms with van der Waals surface area (Å²) in [6, 6.07) is 0. The van der Waals surface area contributed by atoms with Gasteiger partial charge in [-0.3, -0.25) is 0 Å². The lowest BCUT2D eigenvalue weighted by Crippen LogP contribution is -2.16. The average Bonchev–Trinajstić information content (AvgIpc) is 2.76. The van der Waals surface area contributed by atoms with Crippen molar-refractivity contribution < 1.29 is 9.47 Å². The first-order valence-corrected chi connectivity index (χ1v) is 10.6. The van der Waals surface area contributed by atoms with Gasteiger partial charge in [-0.25, -0.2) is 0 Å². The summed E-state index contributed by atoms with van der Waals surface area (Å²) in [5.74, 6) is 0.659. The van der Waals surface area contributed by atoms with Gasteiger partial charge in [-0.2, -0.15) is 0 Å². The molecule has 0 amide bonds. The van der Waals surface area contributed by atoms with Gasteiger partial charge < -0.3 is 9.47 Å². The van der Waals surface area contributed by atoms with E-state index in [0.29, 0.717) is 5.92 Å². The lowest BCUT2D eigenvalue weighted by molar-refractivity contribution is -0.132. The van der Waals surface area contributed by atoms with Crippen LogP contribution in [0.15, 0.2) is 0 Å². The van der Waals surface area contributed by atoms with Crippen molar-refractivity contribution in [1.82, 2.24) is 0 Å². The van der Waals surface area contributed by atoms with Crippen molar-refractivity contribution in [2.24, 2.45) is 5.92 Å². The van der Waals surface area contributed by atoms with Crippen molar-refractivity contribution in [2.75, 3.05) is 13.2 Å². The molecule has 2 atom stereocenters. The topological polar surface area (TPSA) is 18.5 Å². The minimum Gasteiger partial charge on any atom is -0.353 e. The van der Waals surface area contributed by atoms with Crippen LogP contribution in [0.25, 0.3) is 0 Å². The summed E-state index contributed by atoms with van der Waals surface area (Å²) in [6.45, 7) is 6.29. The van der Waals surface area contributed by atoms with Gasteiger partial charge >= 0.3 is 0 Å². The molecule has 0 saturated carbocycles. The van der Waals surface area contributed by atoms with E-state index >= 15 is 0 Å². The van der Waals surface area contributed by atoms with Crippen molar-refractivity contribution in [2.45, 2.75) is 116 Å². The highest BCUT2D eigenvalue weighted by atomic mass is 16.7. The summed E-state index contributed by atoms with van der Waals surface area (Å²) in [5, 5.41) is 0. The van der Waals surface area contributed by atoms with Gasteiger partial charge in [0.05, 0.1) is 13.2 Å². The fourth-order valence-corrected chi connectivity index (χ4v) is 3.30. The molecule has 2 nitrogen and oxygen atoms in total. The van der Waals surface area contributed by atoms with Crippen LogP contribution in [0, 0.1) is 5.92 Å². The fourth-order valence-electron chi connectivity index (χ4n) is 3.30. The molecule has 0 aromatic heterocycles. The van der Waals surface area contributed by atoms with Crippen molar-refractivity contribution in [3.8, 4) is 0 Å². The fraction of sp³-hybridized carbons (Fsp3) is 1.00. The predicted octanol–water partition coefficient (Wildman–Crippen LogP) is 6.87. The van der Waals surface area contributed by atoms with Gasteiger partial charge in [-0.1, -0.05) is 90.9 Å². The van der Waals surface area contributed by atoms with Crippen LogP contribution in [-0.2, 0) is 9.47 Å². The number of ether oxygens (including phenoxy) is 2. The molecule has 0 bridgehead atoms. The highest BCUT2D eigenvalue weighted by Crippen LogP contribution is 2.17. The first kappa shape index (κ1) is 21.0. The van der Waals surface area contributed by atoms with Gasteiger partial charge in [-0.05, 0) is 25.2 Å². The predicted molar refractivity (Wildman–Crippen MR) is 99.8 cm³/mol. The summed E-state index contributed by atoms with van der Waals surface area (Å²) >= 11 is 0. The van der Waals surface area contributed by atoms with E-state index in [0.717, 1.165) is 26.1 Å². The molecule has 0 N–H and O–H groups in total. The first-order chi connectivity index (χ1) is 11.3. The van der Waals surface area contributed by atoms with E-state index in [1.54, 1.807) is 0 Å². The van der Waals surface area contributed by atoms with Crippen LogP contribution < -0.4 is 0 Å². The third-order valence-electron chi connectivity index (χ3n) is 5.02. The number of unbranched alkanes of at least 4 members (excludes halogenated alkanes) is 12. The zero-order chi connectivity index (χ0) is 16.6. The Morgan fingerprint density at radius 1 is 0.696 bits per heavy atom.